The van der Waals surface area contributed by atoms with Gasteiger partial charge >= 0.3 is 0 Å². The number of alkyl halides is 2. The maximum Gasteiger partial charge on any atom is 0.269 e. The van der Waals surface area contributed by atoms with Crippen LogP contribution < -0.4 is 5.32 Å². The zero-order valence-electron chi connectivity index (χ0n) is 19.0. The molecule has 1 N–H and O–H groups in total. The molecule has 9 heteroatoms. The number of pyridine rings is 1. The second kappa shape index (κ2) is 10.3. The van der Waals surface area contributed by atoms with Crippen molar-refractivity contribution in [1.29, 1.82) is 5.26 Å². The predicted octanol–water partition coefficient (Wildman–Crippen LogP) is 4.92. The number of nitrogens with one attached hydrogen (secondary N) is 1. The number of likely N-dealkylation sites (tertiary alicyclic amines) is 1. The van der Waals surface area contributed by atoms with Crippen LogP contribution in [0.1, 0.15) is 33.5 Å². The molecule has 6 nitrogen and oxygen atoms in total. The van der Waals surface area contributed by atoms with Crippen molar-refractivity contribution in [2.75, 3.05) is 13.1 Å². The first-order chi connectivity index (χ1) is 17.2. The summed E-state index contributed by atoms with van der Waals surface area (Å²) in [5.74, 6) is -4.59. The number of hydrogen-bond acceptors (Lipinski definition) is 4. The van der Waals surface area contributed by atoms with Crippen molar-refractivity contribution in [3.05, 3.63) is 100 Å². The quantitative estimate of drug-likeness (QED) is 0.514. The Hall–Kier alpha value is -4.09. The molecule has 0 aliphatic carbocycles. The van der Waals surface area contributed by atoms with Crippen molar-refractivity contribution in [2.45, 2.75) is 17.9 Å². The average Bonchev–Trinajstić information content (AvgIpc) is 3.19. The van der Waals surface area contributed by atoms with E-state index in [0.29, 0.717) is 16.1 Å². The van der Waals surface area contributed by atoms with Crippen LogP contribution in [0.15, 0.2) is 73.1 Å². The molecule has 2 heterocycles. The Morgan fingerprint density at radius 1 is 1.11 bits per heavy atom. The lowest BCUT2D eigenvalue weighted by atomic mass is 9.88. The molecule has 0 spiro atoms. The maximum absolute atomic E-state index is 14.4. The van der Waals surface area contributed by atoms with E-state index in [9.17, 15) is 23.6 Å². The molecule has 36 heavy (non-hydrogen) atoms. The van der Waals surface area contributed by atoms with E-state index in [1.165, 1.54) is 18.5 Å². The summed E-state index contributed by atoms with van der Waals surface area (Å²) in [5, 5.41) is 13.0. The molecule has 0 saturated carbocycles. The van der Waals surface area contributed by atoms with Gasteiger partial charge in [0.05, 0.1) is 25.6 Å². The highest BCUT2D eigenvalue weighted by Gasteiger charge is 2.58. The summed E-state index contributed by atoms with van der Waals surface area (Å²) in [6.45, 7) is -1.46. The highest BCUT2D eigenvalue weighted by atomic mass is 35.5. The molecule has 182 valence electrons. The van der Waals surface area contributed by atoms with Crippen molar-refractivity contribution in [3.63, 3.8) is 0 Å². The zero-order valence-corrected chi connectivity index (χ0v) is 19.8. The van der Waals surface area contributed by atoms with Gasteiger partial charge in [0, 0.05) is 28.5 Å². The van der Waals surface area contributed by atoms with Gasteiger partial charge in [-0.2, -0.15) is 5.26 Å². The van der Waals surface area contributed by atoms with E-state index in [2.05, 4.69) is 10.3 Å². The Morgan fingerprint density at radius 2 is 1.83 bits per heavy atom. The van der Waals surface area contributed by atoms with Crippen molar-refractivity contribution >= 4 is 35.6 Å². The molecule has 1 aliphatic heterocycles. The van der Waals surface area contributed by atoms with E-state index in [-0.39, 0.29) is 5.56 Å². The Morgan fingerprint density at radius 3 is 2.53 bits per heavy atom. The molecule has 1 atom stereocenters. The van der Waals surface area contributed by atoms with Gasteiger partial charge in [0.1, 0.15) is 0 Å². The maximum atomic E-state index is 14.4. The molecule has 1 saturated heterocycles. The fraction of sp³-hybridized carbons (Fsp3) is 0.185. The van der Waals surface area contributed by atoms with Crippen molar-refractivity contribution in [3.8, 4) is 6.07 Å². The molecule has 1 aliphatic rings. The number of halogens is 3. The Kier molecular flexibility index (Phi) is 7.13. The number of aromatic nitrogens is 1. The highest BCUT2D eigenvalue weighted by molar-refractivity contribution is 6.30. The molecule has 3 aromatic rings. The highest BCUT2D eigenvalue weighted by Crippen LogP contribution is 2.45. The summed E-state index contributed by atoms with van der Waals surface area (Å²) in [4.78, 5) is 30.8. The van der Waals surface area contributed by atoms with Crippen LogP contribution in [0.4, 0.5) is 8.78 Å². The first-order valence-corrected chi connectivity index (χ1v) is 11.4. The summed E-state index contributed by atoms with van der Waals surface area (Å²) in [6, 6.07) is 18.6. The van der Waals surface area contributed by atoms with Gasteiger partial charge in [-0.1, -0.05) is 66.2 Å². The van der Waals surface area contributed by atoms with E-state index in [1.807, 2.05) is 18.2 Å². The summed E-state index contributed by atoms with van der Waals surface area (Å²) < 4.78 is 28.9. The lowest BCUT2D eigenvalue weighted by Crippen LogP contribution is -2.48. The SMILES string of the molecule is N#C[C@]1(c2ccccc2)CC(F)(F)CN1C(=O)CNC(=O)c1ccncc1/C=C/c1ccc(Cl)cc1. The average molecular weight is 507 g/mol. The van der Waals surface area contributed by atoms with Gasteiger partial charge in [0.25, 0.3) is 11.8 Å². The molecule has 0 unspecified atom stereocenters. The van der Waals surface area contributed by atoms with Crippen molar-refractivity contribution in [2.24, 2.45) is 0 Å². The summed E-state index contributed by atoms with van der Waals surface area (Å²) in [6.07, 6.45) is 5.60. The number of hydrogen-bond donors (Lipinski definition) is 1. The molecule has 1 aromatic heterocycles. The summed E-state index contributed by atoms with van der Waals surface area (Å²) in [5.41, 5.74) is 0.0853. The lowest BCUT2D eigenvalue weighted by molar-refractivity contribution is -0.133. The largest absolute Gasteiger partial charge is 0.343 e. The molecular formula is C27H21ClF2N4O2. The minimum Gasteiger partial charge on any atom is -0.343 e. The normalized spacial score (nSPS) is 18.7. The fourth-order valence-electron chi connectivity index (χ4n) is 4.18. The number of benzene rings is 2. The number of carbonyl (C=O) groups excluding carboxylic acids is 2. The van der Waals surface area contributed by atoms with E-state index in [4.69, 9.17) is 11.6 Å². The second-order valence-corrected chi connectivity index (χ2v) is 8.82. The van der Waals surface area contributed by atoms with Crippen LogP contribution in [0, 0.1) is 11.3 Å². The molecule has 2 aromatic carbocycles. The van der Waals surface area contributed by atoms with Gasteiger partial charge < -0.3 is 10.2 Å². The van der Waals surface area contributed by atoms with Gasteiger partial charge in [0.2, 0.25) is 5.91 Å². The fourth-order valence-corrected chi connectivity index (χ4v) is 4.31. The summed E-state index contributed by atoms with van der Waals surface area (Å²) in [7, 11) is 0. The topological polar surface area (TPSA) is 86.1 Å². The number of amides is 2. The first-order valence-electron chi connectivity index (χ1n) is 11.0. The van der Waals surface area contributed by atoms with Gasteiger partial charge in [-0.15, -0.1) is 0 Å². The van der Waals surface area contributed by atoms with Gasteiger partial charge in [-0.25, -0.2) is 8.78 Å². The predicted molar refractivity (Wildman–Crippen MR) is 132 cm³/mol. The minimum atomic E-state index is -3.24. The third-order valence-electron chi connectivity index (χ3n) is 5.92. The van der Waals surface area contributed by atoms with Crippen LogP contribution in [0.5, 0.6) is 0 Å². The molecule has 4 rings (SSSR count). The van der Waals surface area contributed by atoms with E-state index in [0.717, 1.165) is 10.5 Å². The van der Waals surface area contributed by atoms with Gasteiger partial charge in [-0.05, 0) is 29.3 Å². The molecule has 0 bridgehead atoms. The van der Waals surface area contributed by atoms with Crippen LogP contribution in [-0.2, 0) is 10.3 Å². The van der Waals surface area contributed by atoms with E-state index >= 15 is 0 Å². The Balaban J connectivity index is 1.51. The monoisotopic (exact) mass is 506 g/mol. The Labute approximate surface area is 211 Å². The molecular weight excluding hydrogens is 486 g/mol. The smallest absolute Gasteiger partial charge is 0.269 e. The van der Waals surface area contributed by atoms with E-state index < -0.39 is 42.8 Å². The van der Waals surface area contributed by atoms with Crippen LogP contribution in [0.3, 0.4) is 0 Å². The standard InChI is InChI=1S/C27H21ClF2N4O2/c28-22-10-7-19(8-11-22)6-9-20-14-32-13-12-23(20)25(36)33-15-24(35)34-18-27(29,30)16-26(34,17-31)21-4-2-1-3-5-21/h1-14H,15-16,18H2,(H,33,36)/b9-6+/t26-/m0/s1. The van der Waals surface area contributed by atoms with Crippen molar-refractivity contribution in [1.82, 2.24) is 15.2 Å². The van der Waals surface area contributed by atoms with Gasteiger partial charge in [-0.3, -0.25) is 14.6 Å². The number of nitriles is 1. The third-order valence-corrected chi connectivity index (χ3v) is 6.18. The minimum absolute atomic E-state index is 0.254. The van der Waals surface area contributed by atoms with Crippen LogP contribution in [-0.4, -0.2) is 40.7 Å². The third kappa shape index (κ3) is 5.26. The van der Waals surface area contributed by atoms with Crippen molar-refractivity contribution < 1.29 is 18.4 Å². The summed E-state index contributed by atoms with van der Waals surface area (Å²) >= 11 is 5.90. The van der Waals surface area contributed by atoms with Crippen LogP contribution in [0.2, 0.25) is 5.02 Å². The van der Waals surface area contributed by atoms with Crippen LogP contribution >= 0.6 is 11.6 Å². The second-order valence-electron chi connectivity index (χ2n) is 8.38. The molecule has 2 amide bonds. The number of nitrogens with zero attached hydrogens (tertiary/aromatic N) is 3. The zero-order chi connectivity index (χ0) is 25.8. The van der Waals surface area contributed by atoms with Gasteiger partial charge in [0.15, 0.2) is 5.54 Å². The Bertz CT molecular complexity index is 1340. The molecule has 1 fully saturated rings. The molecule has 0 radical (unpaired) electrons. The first kappa shape index (κ1) is 25.0. The lowest BCUT2D eigenvalue weighted by Gasteiger charge is -2.32. The van der Waals surface area contributed by atoms with Crippen LogP contribution in [0.25, 0.3) is 12.2 Å². The van der Waals surface area contributed by atoms with E-state index in [1.54, 1.807) is 54.6 Å². The number of carbonyl (C=O) groups is 2. The number of rotatable bonds is 6.